The maximum Gasteiger partial charge on any atom is 0.316 e. The first kappa shape index (κ1) is 27.7. The highest BCUT2D eigenvalue weighted by molar-refractivity contribution is 5.98. The quantitative estimate of drug-likeness (QED) is 0.464. The van der Waals surface area contributed by atoms with E-state index >= 15 is 0 Å². The third-order valence-corrected chi connectivity index (χ3v) is 6.78. The number of rotatable bonds is 3. The number of morpholine rings is 1. The molecule has 8 heteroatoms. The van der Waals surface area contributed by atoms with Gasteiger partial charge in [-0.2, -0.15) is 0 Å². The first-order valence-electron chi connectivity index (χ1n) is 12.8. The van der Waals surface area contributed by atoms with E-state index in [-0.39, 0.29) is 18.3 Å². The van der Waals surface area contributed by atoms with Crippen LogP contribution < -0.4 is 0 Å². The van der Waals surface area contributed by atoms with Crippen LogP contribution in [-0.2, 0) is 23.9 Å². The Hall–Kier alpha value is -1.51. The fourth-order valence-electron chi connectivity index (χ4n) is 4.82. The van der Waals surface area contributed by atoms with E-state index in [0.717, 1.165) is 39.0 Å². The number of carbonyl (C=O) groups is 3. The van der Waals surface area contributed by atoms with Crippen LogP contribution in [0, 0.1) is 17.8 Å². The number of amides is 1. The molecule has 8 nitrogen and oxygen atoms in total. The summed E-state index contributed by atoms with van der Waals surface area (Å²) in [5.41, 5.74) is 0. The first-order chi connectivity index (χ1) is 15.8. The normalized spacial score (nSPS) is 28.8. The molecule has 1 amide bonds. The summed E-state index contributed by atoms with van der Waals surface area (Å²) in [6.07, 6.45) is 3.32. The molecule has 0 bridgehead atoms. The number of ether oxygens (including phenoxy) is 2. The van der Waals surface area contributed by atoms with Crippen molar-refractivity contribution in [1.82, 2.24) is 14.7 Å². The van der Waals surface area contributed by atoms with Crippen LogP contribution in [0.1, 0.15) is 52.9 Å². The van der Waals surface area contributed by atoms with E-state index in [4.69, 9.17) is 9.47 Å². The van der Waals surface area contributed by atoms with Crippen LogP contribution in [0.5, 0.6) is 0 Å². The molecule has 0 radical (unpaired) electrons. The summed E-state index contributed by atoms with van der Waals surface area (Å²) in [4.78, 5) is 44.5. The molecule has 2 aliphatic rings. The van der Waals surface area contributed by atoms with Gasteiger partial charge in [-0.05, 0) is 44.6 Å². The largest absolute Gasteiger partial charge is 0.465 e. The van der Waals surface area contributed by atoms with Gasteiger partial charge in [0.15, 0.2) is 0 Å². The predicted molar refractivity (Wildman–Crippen MR) is 128 cm³/mol. The van der Waals surface area contributed by atoms with Crippen LogP contribution in [-0.4, -0.2) is 105 Å². The highest BCUT2D eigenvalue weighted by Crippen LogP contribution is 2.20. The monoisotopic (exact) mass is 467 g/mol. The van der Waals surface area contributed by atoms with Gasteiger partial charge in [0.05, 0.1) is 26.4 Å². The van der Waals surface area contributed by atoms with Crippen molar-refractivity contribution in [2.45, 2.75) is 52.9 Å². The lowest BCUT2D eigenvalue weighted by Crippen LogP contribution is -2.47. The molecule has 1 unspecified atom stereocenters. The molecular formula is C25H45N3O5. The number of nitrogens with zero attached hydrogens (tertiary/aromatic N) is 3. The van der Waals surface area contributed by atoms with E-state index in [1.807, 2.05) is 11.8 Å². The number of likely N-dealkylation sites (N-methyl/N-ethyl adjacent to an activating group) is 1. The predicted octanol–water partition coefficient (Wildman–Crippen LogP) is 2.06. The lowest BCUT2D eigenvalue weighted by Gasteiger charge is -2.31. The third-order valence-electron chi connectivity index (χ3n) is 6.78. The Morgan fingerprint density at radius 2 is 1.73 bits per heavy atom. The van der Waals surface area contributed by atoms with E-state index in [0.29, 0.717) is 63.9 Å². The second kappa shape index (κ2) is 14.7. The average Bonchev–Trinajstić information content (AvgIpc) is 2.77. The van der Waals surface area contributed by atoms with Crippen molar-refractivity contribution in [3.05, 3.63) is 0 Å². The molecule has 0 saturated carbocycles. The number of Topliss-reactive ketones (excluding diaryl/α,β-unsaturated/α-hetero) is 1. The lowest BCUT2D eigenvalue weighted by molar-refractivity contribution is -0.152. The van der Waals surface area contributed by atoms with Crippen molar-refractivity contribution in [2.24, 2.45) is 17.8 Å². The summed E-state index contributed by atoms with van der Waals surface area (Å²) < 4.78 is 10.8. The van der Waals surface area contributed by atoms with Gasteiger partial charge in [0, 0.05) is 45.7 Å². The molecule has 2 saturated heterocycles. The van der Waals surface area contributed by atoms with Gasteiger partial charge in [0.25, 0.3) is 0 Å². The Labute approximate surface area is 199 Å². The zero-order valence-electron chi connectivity index (χ0n) is 21.2. The standard InChI is InChI=1S/C25H45N3O5/c1-5-22-23(29)8-7-20(2)17-21(3)18-26(4)10-11-28(9-6-14-33-25(22)31)24(30)19-27-12-15-32-16-13-27/h20-22H,5-19H2,1-4H3/t20-,21+,22?/m0/s1. The van der Waals surface area contributed by atoms with E-state index in [1.54, 1.807) is 0 Å². The van der Waals surface area contributed by atoms with E-state index in [9.17, 15) is 14.4 Å². The molecule has 3 atom stereocenters. The molecule has 0 aliphatic carbocycles. The SMILES string of the molecule is CCC1C(=O)CC[C@H](C)C[C@@H](C)CN(C)CCN(C(=O)CN2CCOCC2)CCCOC1=O. The number of hydrogen-bond acceptors (Lipinski definition) is 7. The smallest absolute Gasteiger partial charge is 0.316 e. The van der Waals surface area contributed by atoms with Gasteiger partial charge in [0.1, 0.15) is 11.7 Å². The van der Waals surface area contributed by atoms with Crippen molar-refractivity contribution < 1.29 is 23.9 Å². The van der Waals surface area contributed by atoms with E-state index < -0.39 is 11.9 Å². The molecule has 2 heterocycles. The van der Waals surface area contributed by atoms with Crippen molar-refractivity contribution in [1.29, 1.82) is 0 Å². The zero-order valence-corrected chi connectivity index (χ0v) is 21.2. The summed E-state index contributed by atoms with van der Waals surface area (Å²) in [5.74, 6) is -0.0637. The topological polar surface area (TPSA) is 79.4 Å². The van der Waals surface area contributed by atoms with Crippen molar-refractivity contribution in [3.8, 4) is 0 Å². The Balaban J connectivity index is 2.03. The molecule has 0 aromatic carbocycles. The van der Waals surface area contributed by atoms with Crippen LogP contribution in [0.25, 0.3) is 0 Å². The van der Waals surface area contributed by atoms with E-state index in [1.165, 1.54) is 0 Å². The summed E-state index contributed by atoms with van der Waals surface area (Å²) >= 11 is 0. The number of cyclic esters (lactones) is 1. The molecule has 190 valence electrons. The summed E-state index contributed by atoms with van der Waals surface area (Å²) in [5, 5.41) is 0. The Morgan fingerprint density at radius 3 is 2.42 bits per heavy atom. The van der Waals surface area contributed by atoms with Crippen molar-refractivity contribution in [2.75, 3.05) is 72.7 Å². The molecular weight excluding hydrogens is 422 g/mol. The van der Waals surface area contributed by atoms with Gasteiger partial charge in [-0.15, -0.1) is 0 Å². The minimum atomic E-state index is -0.671. The summed E-state index contributed by atoms with van der Waals surface area (Å²) in [6, 6.07) is 0. The van der Waals surface area contributed by atoms with Crippen molar-refractivity contribution >= 4 is 17.7 Å². The lowest BCUT2D eigenvalue weighted by atomic mass is 9.89. The Morgan fingerprint density at radius 1 is 1.00 bits per heavy atom. The fourth-order valence-corrected chi connectivity index (χ4v) is 4.82. The number of ketones is 1. The van der Waals surface area contributed by atoms with Gasteiger partial charge in [-0.3, -0.25) is 19.3 Å². The fraction of sp³-hybridized carbons (Fsp3) is 0.880. The highest BCUT2D eigenvalue weighted by atomic mass is 16.5. The third kappa shape index (κ3) is 10.1. The van der Waals surface area contributed by atoms with Crippen molar-refractivity contribution in [3.63, 3.8) is 0 Å². The maximum atomic E-state index is 13.0. The number of carbonyl (C=O) groups excluding carboxylic acids is 3. The molecule has 0 aromatic rings. The summed E-state index contributed by atoms with van der Waals surface area (Å²) in [7, 11) is 2.11. The molecule has 0 N–H and O–H groups in total. The first-order valence-corrected chi connectivity index (χ1v) is 12.8. The minimum Gasteiger partial charge on any atom is -0.465 e. The highest BCUT2D eigenvalue weighted by Gasteiger charge is 2.27. The maximum absolute atomic E-state index is 13.0. The molecule has 0 spiro atoms. The minimum absolute atomic E-state index is 0.00856. The molecule has 0 aromatic heterocycles. The van der Waals surface area contributed by atoms with Crippen LogP contribution in [0.4, 0.5) is 0 Å². The molecule has 2 rings (SSSR count). The molecule has 2 aliphatic heterocycles. The Bertz CT molecular complexity index is 623. The van der Waals surface area contributed by atoms with Crippen LogP contribution >= 0.6 is 0 Å². The zero-order chi connectivity index (χ0) is 24.2. The molecule has 33 heavy (non-hydrogen) atoms. The average molecular weight is 468 g/mol. The van der Waals surface area contributed by atoms with Gasteiger partial charge >= 0.3 is 5.97 Å². The van der Waals surface area contributed by atoms with Gasteiger partial charge in [0.2, 0.25) is 5.91 Å². The van der Waals surface area contributed by atoms with E-state index in [2.05, 4.69) is 30.7 Å². The van der Waals surface area contributed by atoms with Gasteiger partial charge in [-0.1, -0.05) is 20.8 Å². The number of esters is 1. The van der Waals surface area contributed by atoms with Gasteiger partial charge in [-0.25, -0.2) is 0 Å². The summed E-state index contributed by atoms with van der Waals surface area (Å²) in [6.45, 7) is 12.8. The van der Waals surface area contributed by atoms with Crippen LogP contribution in [0.15, 0.2) is 0 Å². The number of hydrogen-bond donors (Lipinski definition) is 0. The Kier molecular flexibility index (Phi) is 12.3. The van der Waals surface area contributed by atoms with Crippen LogP contribution in [0.2, 0.25) is 0 Å². The van der Waals surface area contributed by atoms with Crippen LogP contribution in [0.3, 0.4) is 0 Å². The second-order valence-corrected chi connectivity index (χ2v) is 9.96. The van der Waals surface area contributed by atoms with Gasteiger partial charge < -0.3 is 19.3 Å². The second-order valence-electron chi connectivity index (χ2n) is 9.96. The molecule has 2 fully saturated rings.